The van der Waals surface area contributed by atoms with Crippen molar-refractivity contribution in [2.45, 2.75) is 38.5 Å². The van der Waals surface area contributed by atoms with E-state index in [9.17, 15) is 9.90 Å². The number of aromatic nitrogens is 3. The Morgan fingerprint density at radius 2 is 1.36 bits per heavy atom. The third-order valence-corrected chi connectivity index (χ3v) is 5.56. The maximum absolute atomic E-state index is 11.4. The molecule has 36 heavy (non-hydrogen) atoms. The molecule has 0 unspecified atom stereocenters. The predicted octanol–water partition coefficient (Wildman–Crippen LogP) is 4.29. The highest BCUT2D eigenvalue weighted by molar-refractivity contribution is 5.93. The molecule has 2 aliphatic heterocycles. The molecule has 0 atom stereocenters. The highest BCUT2D eigenvalue weighted by atomic mass is 35.5. The maximum Gasteiger partial charge on any atom is 0.250 e. The SMILES string of the molecule is Cl.N.N.N.N.O=C(CO)Nc1ccc(Nc2nc(N3CCCCC3)nc(N3CCCCC3)n2)cc1O.[HH].[HH].[HH].[HH]. The second-order valence-corrected chi connectivity index (χ2v) is 7.92. The minimum atomic E-state index is -0.650. The highest BCUT2D eigenvalue weighted by Crippen LogP contribution is 2.29. The Balaban J connectivity index is -0.000000321. The van der Waals surface area contributed by atoms with Crippen LogP contribution >= 0.6 is 12.4 Å². The number of rotatable bonds is 6. The molecule has 2 saturated heterocycles. The number of carbonyl (C=O) groups excluding carboxylic acids is 1. The van der Waals surface area contributed by atoms with Gasteiger partial charge in [-0.25, -0.2) is 0 Å². The first-order valence-electron chi connectivity index (χ1n) is 10.9. The average Bonchev–Trinajstić information content (AvgIpc) is 2.81. The van der Waals surface area contributed by atoms with E-state index >= 15 is 0 Å². The van der Waals surface area contributed by atoms with Crippen LogP contribution in [0.4, 0.5) is 29.2 Å². The number of aliphatic hydroxyl groups is 1. The molecule has 14 nitrogen and oxygen atoms in total. The summed E-state index contributed by atoms with van der Waals surface area (Å²) in [6, 6.07) is 4.75. The van der Waals surface area contributed by atoms with Crippen LogP contribution in [0, 0.1) is 0 Å². The highest BCUT2D eigenvalue weighted by Gasteiger charge is 2.20. The van der Waals surface area contributed by atoms with Gasteiger partial charge in [-0.05, 0) is 50.7 Å². The maximum atomic E-state index is 11.4. The number of phenols is 1. The molecular formula is C21H50ClN11O3. The summed E-state index contributed by atoms with van der Waals surface area (Å²) in [7, 11) is 0. The third kappa shape index (κ3) is 8.89. The number of nitrogens with zero attached hydrogens (tertiary/aromatic N) is 5. The largest absolute Gasteiger partial charge is 0.506 e. The summed E-state index contributed by atoms with van der Waals surface area (Å²) in [6.07, 6.45) is 6.96. The fraction of sp³-hybridized carbons (Fsp3) is 0.524. The summed E-state index contributed by atoms with van der Waals surface area (Å²) in [6.45, 7) is 3.08. The lowest BCUT2D eigenvalue weighted by atomic mass is 10.1. The summed E-state index contributed by atoms with van der Waals surface area (Å²) >= 11 is 0. The minimum absolute atomic E-state index is 0. The summed E-state index contributed by atoms with van der Waals surface area (Å²) in [5.74, 6) is 1.06. The van der Waals surface area contributed by atoms with Crippen LogP contribution in [0.5, 0.6) is 5.75 Å². The van der Waals surface area contributed by atoms with Gasteiger partial charge >= 0.3 is 0 Å². The number of piperidine rings is 2. The van der Waals surface area contributed by atoms with Crippen molar-refractivity contribution in [1.29, 1.82) is 0 Å². The number of hydrogen-bond acceptors (Lipinski definition) is 13. The predicted molar refractivity (Wildman–Crippen MR) is 155 cm³/mol. The van der Waals surface area contributed by atoms with Gasteiger partial charge in [0.25, 0.3) is 0 Å². The average molecular weight is 540 g/mol. The van der Waals surface area contributed by atoms with Crippen LogP contribution in [-0.4, -0.2) is 63.9 Å². The van der Waals surface area contributed by atoms with Crippen LogP contribution in [0.25, 0.3) is 0 Å². The summed E-state index contributed by atoms with van der Waals surface area (Å²) < 4.78 is 0. The van der Waals surface area contributed by atoms with Crippen molar-refractivity contribution < 1.29 is 20.7 Å². The molecule has 1 aromatic carbocycles. The number of halogens is 1. The third-order valence-electron chi connectivity index (χ3n) is 5.56. The summed E-state index contributed by atoms with van der Waals surface area (Å²) in [4.78, 5) is 29.8. The summed E-state index contributed by atoms with van der Waals surface area (Å²) in [5.41, 5.74) is 0.808. The Kier molecular flexibility index (Phi) is 16.2. The lowest BCUT2D eigenvalue weighted by Gasteiger charge is -2.30. The van der Waals surface area contributed by atoms with E-state index in [1.165, 1.54) is 18.9 Å². The smallest absolute Gasteiger partial charge is 0.250 e. The zero-order valence-corrected chi connectivity index (χ0v) is 21.6. The molecule has 4 rings (SSSR count). The number of carbonyl (C=O) groups is 1. The Bertz CT molecular complexity index is 908. The number of aromatic hydroxyl groups is 1. The van der Waals surface area contributed by atoms with E-state index in [1.54, 1.807) is 12.1 Å². The lowest BCUT2D eigenvalue weighted by Crippen LogP contribution is -2.34. The number of phenolic OH excluding ortho intramolecular Hbond substituents is 1. The van der Waals surface area contributed by atoms with Crippen LogP contribution in [0.2, 0.25) is 0 Å². The molecule has 214 valence electrons. The van der Waals surface area contributed by atoms with Gasteiger partial charge in [0.1, 0.15) is 12.4 Å². The van der Waals surface area contributed by atoms with Gasteiger partial charge in [0.15, 0.2) is 0 Å². The molecule has 0 aliphatic carbocycles. The van der Waals surface area contributed by atoms with Gasteiger partial charge in [0.05, 0.1) is 5.69 Å². The van der Waals surface area contributed by atoms with Crippen LogP contribution in [0.15, 0.2) is 18.2 Å². The molecule has 3 heterocycles. The second kappa shape index (κ2) is 16.6. The van der Waals surface area contributed by atoms with Crippen molar-refractivity contribution in [3.8, 4) is 5.75 Å². The standard InChI is InChI=1S/C21H29N7O3.ClH.4H3N.4H2/c29-14-18(31)23-16-8-7-15(13-17(16)30)22-19-24-20(27-9-3-1-4-10-27)26-21(25-19)28-11-5-2-6-12-28;;;;;;;;;/h7-8,13,29-30H,1-6,9-12,14H2,(H,23,31)(H,22,24,25,26);1H;4*1H3;4*1H. The monoisotopic (exact) mass is 539 g/mol. The van der Waals surface area contributed by atoms with Crippen molar-refractivity contribution in [1.82, 2.24) is 39.6 Å². The molecular weight excluding hydrogens is 490 g/mol. The fourth-order valence-electron chi connectivity index (χ4n) is 3.91. The molecule has 1 aromatic heterocycles. The Hall–Kier alpha value is -3.01. The number of benzene rings is 1. The molecule has 15 heteroatoms. The molecule has 0 radical (unpaired) electrons. The van der Waals surface area contributed by atoms with E-state index in [0.717, 1.165) is 51.9 Å². The van der Waals surface area contributed by atoms with E-state index in [-0.39, 0.29) is 54.2 Å². The Morgan fingerprint density at radius 1 is 0.861 bits per heavy atom. The number of hydrogen-bond donors (Lipinski definition) is 8. The van der Waals surface area contributed by atoms with Gasteiger partial charge in [-0.2, -0.15) is 15.0 Å². The van der Waals surface area contributed by atoms with Gasteiger partial charge in [0, 0.05) is 43.6 Å². The van der Waals surface area contributed by atoms with Crippen molar-refractivity contribution in [2.24, 2.45) is 0 Å². The van der Waals surface area contributed by atoms with E-state index in [4.69, 9.17) is 10.1 Å². The molecule has 2 aliphatic rings. The van der Waals surface area contributed by atoms with E-state index in [0.29, 0.717) is 23.5 Å². The van der Waals surface area contributed by atoms with E-state index in [1.807, 2.05) is 0 Å². The quantitative estimate of drug-likeness (QED) is 0.238. The van der Waals surface area contributed by atoms with Crippen LogP contribution in [0.3, 0.4) is 0 Å². The molecule has 2 aromatic rings. The fourth-order valence-corrected chi connectivity index (χ4v) is 3.91. The van der Waals surface area contributed by atoms with Gasteiger partial charge < -0.3 is 55.2 Å². The van der Waals surface area contributed by atoms with Gasteiger partial charge in [-0.1, -0.05) is 0 Å². The molecule has 0 spiro atoms. The Labute approximate surface area is 224 Å². The van der Waals surface area contributed by atoms with Gasteiger partial charge in [-0.15, -0.1) is 12.4 Å². The number of anilines is 5. The van der Waals surface area contributed by atoms with Crippen LogP contribution < -0.4 is 45.0 Å². The number of aliphatic hydroxyl groups excluding tert-OH is 1. The second-order valence-electron chi connectivity index (χ2n) is 7.92. The first-order chi connectivity index (χ1) is 15.1. The van der Waals surface area contributed by atoms with Crippen molar-refractivity contribution in [2.75, 3.05) is 53.2 Å². The van der Waals surface area contributed by atoms with E-state index in [2.05, 4.69) is 30.4 Å². The first-order valence-corrected chi connectivity index (χ1v) is 10.9. The number of amides is 1. The lowest BCUT2D eigenvalue weighted by molar-refractivity contribution is -0.118. The van der Waals surface area contributed by atoms with Crippen molar-refractivity contribution >= 4 is 47.5 Å². The summed E-state index contributed by atoms with van der Waals surface area (Å²) in [5, 5.41) is 24.7. The number of nitrogens with one attached hydrogen (secondary N) is 2. The van der Waals surface area contributed by atoms with Crippen molar-refractivity contribution in [3.63, 3.8) is 0 Å². The molecule has 2 fully saturated rings. The van der Waals surface area contributed by atoms with Gasteiger partial charge in [0.2, 0.25) is 23.8 Å². The first kappa shape index (κ1) is 35.2. The Morgan fingerprint density at radius 3 is 1.81 bits per heavy atom. The molecule has 0 saturated carbocycles. The van der Waals surface area contributed by atoms with Crippen molar-refractivity contribution in [3.05, 3.63) is 18.2 Å². The molecule has 1 amide bonds. The van der Waals surface area contributed by atoms with Crippen LogP contribution in [0.1, 0.15) is 44.2 Å². The topological polar surface area (TPSA) is 267 Å². The zero-order chi connectivity index (χ0) is 21.6. The van der Waals surface area contributed by atoms with Gasteiger partial charge in [-0.3, -0.25) is 4.79 Å². The zero-order valence-electron chi connectivity index (χ0n) is 20.8. The van der Waals surface area contributed by atoms with Crippen LogP contribution in [-0.2, 0) is 4.79 Å². The minimum Gasteiger partial charge on any atom is -0.506 e. The molecule has 16 N–H and O–H groups in total. The normalized spacial score (nSPS) is 14.5. The van der Waals surface area contributed by atoms with E-state index < -0.39 is 12.5 Å². The molecule has 0 bridgehead atoms.